The van der Waals surface area contributed by atoms with Crippen molar-refractivity contribution in [3.05, 3.63) is 0 Å². The molecule has 1 N–H and O–H groups in total. The SMILES string of the molecule is CN1CCNC(C2(C3CCOCC3)COC2)C1. The van der Waals surface area contributed by atoms with Crippen molar-refractivity contribution in [3.8, 4) is 0 Å². The highest BCUT2D eigenvalue weighted by Gasteiger charge is 2.51. The van der Waals surface area contributed by atoms with Crippen LogP contribution in [0.2, 0.25) is 0 Å². The molecular formula is C13H24N2O2. The van der Waals surface area contributed by atoms with E-state index in [1.807, 2.05) is 0 Å². The Labute approximate surface area is 104 Å². The van der Waals surface area contributed by atoms with Gasteiger partial charge in [0.2, 0.25) is 0 Å². The van der Waals surface area contributed by atoms with Crippen LogP contribution in [0.5, 0.6) is 0 Å². The molecule has 3 heterocycles. The van der Waals surface area contributed by atoms with E-state index >= 15 is 0 Å². The Morgan fingerprint density at radius 2 is 1.94 bits per heavy atom. The summed E-state index contributed by atoms with van der Waals surface area (Å²) in [7, 11) is 2.23. The van der Waals surface area contributed by atoms with E-state index in [9.17, 15) is 0 Å². The summed E-state index contributed by atoms with van der Waals surface area (Å²) < 4.78 is 11.1. The predicted octanol–water partition coefficient (Wildman–Crippen LogP) is 0.333. The minimum Gasteiger partial charge on any atom is -0.381 e. The van der Waals surface area contributed by atoms with Crippen molar-refractivity contribution in [2.45, 2.75) is 18.9 Å². The zero-order valence-electron chi connectivity index (χ0n) is 10.8. The molecule has 0 saturated carbocycles. The van der Waals surface area contributed by atoms with Crippen LogP contribution in [-0.4, -0.2) is 64.1 Å². The Morgan fingerprint density at radius 1 is 1.18 bits per heavy atom. The fraction of sp³-hybridized carbons (Fsp3) is 1.00. The summed E-state index contributed by atoms with van der Waals surface area (Å²) in [5, 5.41) is 3.73. The molecular weight excluding hydrogens is 216 g/mol. The van der Waals surface area contributed by atoms with Crippen LogP contribution in [0.15, 0.2) is 0 Å². The Balaban J connectivity index is 1.71. The van der Waals surface area contributed by atoms with Gasteiger partial charge in [0, 0.05) is 44.3 Å². The van der Waals surface area contributed by atoms with Crippen molar-refractivity contribution in [2.75, 3.05) is 53.1 Å². The van der Waals surface area contributed by atoms with Gasteiger partial charge in [-0.1, -0.05) is 0 Å². The lowest BCUT2D eigenvalue weighted by molar-refractivity contribution is -0.185. The summed E-state index contributed by atoms with van der Waals surface area (Å²) >= 11 is 0. The molecule has 1 unspecified atom stereocenters. The third-order valence-electron chi connectivity index (χ3n) is 4.85. The summed E-state index contributed by atoms with van der Waals surface area (Å²) in [5.41, 5.74) is 0.387. The zero-order valence-corrected chi connectivity index (χ0v) is 10.8. The van der Waals surface area contributed by atoms with Crippen LogP contribution in [0.1, 0.15) is 12.8 Å². The van der Waals surface area contributed by atoms with Crippen molar-refractivity contribution >= 4 is 0 Å². The smallest absolute Gasteiger partial charge is 0.0563 e. The molecule has 3 fully saturated rings. The number of ether oxygens (including phenoxy) is 2. The first-order valence-electron chi connectivity index (χ1n) is 6.89. The molecule has 0 radical (unpaired) electrons. The minimum absolute atomic E-state index is 0.387. The second-order valence-corrected chi connectivity index (χ2v) is 5.88. The van der Waals surface area contributed by atoms with E-state index in [4.69, 9.17) is 9.47 Å². The van der Waals surface area contributed by atoms with E-state index in [1.165, 1.54) is 25.9 Å². The molecule has 3 saturated heterocycles. The van der Waals surface area contributed by atoms with Crippen molar-refractivity contribution < 1.29 is 9.47 Å². The van der Waals surface area contributed by atoms with Gasteiger partial charge in [0.25, 0.3) is 0 Å². The quantitative estimate of drug-likeness (QED) is 0.754. The maximum Gasteiger partial charge on any atom is 0.0563 e. The van der Waals surface area contributed by atoms with Gasteiger partial charge in [-0.3, -0.25) is 0 Å². The average molecular weight is 240 g/mol. The first-order valence-corrected chi connectivity index (χ1v) is 6.89. The normalized spacial score (nSPS) is 35.5. The summed E-state index contributed by atoms with van der Waals surface area (Å²) in [4.78, 5) is 2.45. The van der Waals surface area contributed by atoms with Crippen LogP contribution in [0, 0.1) is 11.3 Å². The molecule has 1 atom stereocenters. The first-order chi connectivity index (χ1) is 8.31. The second-order valence-electron chi connectivity index (χ2n) is 5.88. The predicted molar refractivity (Wildman–Crippen MR) is 66.1 cm³/mol. The number of nitrogens with zero attached hydrogens (tertiary/aromatic N) is 1. The maximum absolute atomic E-state index is 5.58. The van der Waals surface area contributed by atoms with Gasteiger partial charge in [0.1, 0.15) is 0 Å². The van der Waals surface area contributed by atoms with E-state index in [0.29, 0.717) is 11.5 Å². The Kier molecular flexibility index (Phi) is 3.39. The summed E-state index contributed by atoms with van der Waals surface area (Å²) in [6.45, 7) is 7.23. The van der Waals surface area contributed by atoms with Crippen LogP contribution in [0.4, 0.5) is 0 Å². The largest absolute Gasteiger partial charge is 0.381 e. The van der Waals surface area contributed by atoms with Crippen molar-refractivity contribution in [1.29, 1.82) is 0 Å². The topological polar surface area (TPSA) is 33.7 Å². The lowest BCUT2D eigenvalue weighted by atomic mass is 9.65. The third kappa shape index (κ3) is 2.12. The molecule has 0 spiro atoms. The Morgan fingerprint density at radius 3 is 2.53 bits per heavy atom. The maximum atomic E-state index is 5.58. The van der Waals surface area contributed by atoms with Gasteiger partial charge in [-0.05, 0) is 25.8 Å². The minimum atomic E-state index is 0.387. The molecule has 0 aliphatic carbocycles. The lowest BCUT2D eigenvalue weighted by Crippen LogP contribution is -2.66. The first kappa shape index (κ1) is 11.9. The van der Waals surface area contributed by atoms with Crippen molar-refractivity contribution in [1.82, 2.24) is 10.2 Å². The van der Waals surface area contributed by atoms with Gasteiger partial charge in [-0.25, -0.2) is 0 Å². The molecule has 0 aromatic rings. The van der Waals surface area contributed by atoms with Crippen LogP contribution in [0.25, 0.3) is 0 Å². The Bertz CT molecular complexity index is 262. The molecule has 98 valence electrons. The van der Waals surface area contributed by atoms with Gasteiger partial charge in [-0.15, -0.1) is 0 Å². The third-order valence-corrected chi connectivity index (χ3v) is 4.85. The molecule has 3 aliphatic rings. The van der Waals surface area contributed by atoms with E-state index in [2.05, 4.69) is 17.3 Å². The molecule has 4 heteroatoms. The van der Waals surface area contributed by atoms with E-state index < -0.39 is 0 Å². The number of hydrogen-bond acceptors (Lipinski definition) is 4. The van der Waals surface area contributed by atoms with E-state index in [0.717, 1.165) is 38.9 Å². The fourth-order valence-corrected chi connectivity index (χ4v) is 3.61. The number of rotatable bonds is 2. The highest BCUT2D eigenvalue weighted by atomic mass is 16.5. The molecule has 0 amide bonds. The van der Waals surface area contributed by atoms with Crippen molar-refractivity contribution in [2.24, 2.45) is 11.3 Å². The van der Waals surface area contributed by atoms with Gasteiger partial charge in [-0.2, -0.15) is 0 Å². The number of piperazine rings is 1. The summed E-state index contributed by atoms with van der Waals surface area (Å²) in [6, 6.07) is 0.609. The highest BCUT2D eigenvalue weighted by Crippen LogP contribution is 2.44. The molecule has 3 rings (SSSR count). The monoisotopic (exact) mass is 240 g/mol. The number of hydrogen-bond donors (Lipinski definition) is 1. The lowest BCUT2D eigenvalue weighted by Gasteiger charge is -2.55. The number of likely N-dealkylation sites (N-methyl/N-ethyl adjacent to an activating group) is 1. The standard InChI is InChI=1S/C13H24N2O2/c1-15-5-4-14-12(8-15)13(9-17-10-13)11-2-6-16-7-3-11/h11-12,14H,2-10H2,1H3. The number of nitrogens with one attached hydrogen (secondary N) is 1. The zero-order chi connectivity index (χ0) is 11.7. The molecule has 0 aromatic heterocycles. The summed E-state index contributed by atoms with van der Waals surface area (Å²) in [6.07, 6.45) is 2.43. The van der Waals surface area contributed by atoms with Crippen LogP contribution in [0.3, 0.4) is 0 Å². The van der Waals surface area contributed by atoms with Gasteiger partial charge < -0.3 is 19.7 Å². The fourth-order valence-electron chi connectivity index (χ4n) is 3.61. The van der Waals surface area contributed by atoms with Crippen molar-refractivity contribution in [3.63, 3.8) is 0 Å². The van der Waals surface area contributed by atoms with Crippen LogP contribution in [-0.2, 0) is 9.47 Å². The van der Waals surface area contributed by atoms with E-state index in [1.54, 1.807) is 0 Å². The van der Waals surface area contributed by atoms with Crippen LogP contribution >= 0.6 is 0 Å². The molecule has 3 aliphatic heterocycles. The van der Waals surface area contributed by atoms with Crippen LogP contribution < -0.4 is 5.32 Å². The molecule has 0 aromatic carbocycles. The molecule has 17 heavy (non-hydrogen) atoms. The Hall–Kier alpha value is -0.160. The summed E-state index contributed by atoms with van der Waals surface area (Å²) in [5.74, 6) is 0.786. The van der Waals surface area contributed by atoms with Gasteiger partial charge >= 0.3 is 0 Å². The second kappa shape index (κ2) is 4.84. The van der Waals surface area contributed by atoms with Gasteiger partial charge in [0.15, 0.2) is 0 Å². The molecule has 0 bridgehead atoms. The molecule has 4 nitrogen and oxygen atoms in total. The van der Waals surface area contributed by atoms with Gasteiger partial charge in [0.05, 0.1) is 13.2 Å². The average Bonchev–Trinajstić information content (AvgIpc) is 2.29. The van der Waals surface area contributed by atoms with E-state index in [-0.39, 0.29) is 0 Å². The highest BCUT2D eigenvalue weighted by molar-refractivity contribution is 5.03.